The van der Waals surface area contributed by atoms with E-state index in [1.165, 1.54) is 0 Å². The van der Waals surface area contributed by atoms with E-state index in [0.29, 0.717) is 19.6 Å². The highest BCUT2D eigenvalue weighted by Crippen LogP contribution is 2.23. The van der Waals surface area contributed by atoms with Crippen molar-refractivity contribution in [3.8, 4) is 0 Å². The fourth-order valence-corrected chi connectivity index (χ4v) is 2.82. The molecule has 2 heterocycles. The van der Waals surface area contributed by atoms with Crippen molar-refractivity contribution in [3.05, 3.63) is 65.5 Å². The molecule has 1 aliphatic rings. The van der Waals surface area contributed by atoms with E-state index in [1.807, 2.05) is 12.1 Å². The Kier molecular flexibility index (Phi) is 6.23. The van der Waals surface area contributed by atoms with Gasteiger partial charge >= 0.3 is 0 Å². The van der Waals surface area contributed by atoms with Gasteiger partial charge in [0.2, 0.25) is 5.91 Å². The molecule has 0 saturated carbocycles. The Morgan fingerprint density at radius 2 is 2.17 bits per heavy atom. The number of aromatic nitrogens is 1. The molecule has 1 aromatic carbocycles. The number of rotatable bonds is 3. The molecule has 4 nitrogen and oxygen atoms in total. The first-order chi connectivity index (χ1) is 11.1. The van der Waals surface area contributed by atoms with Gasteiger partial charge < -0.3 is 10.2 Å². The number of halogens is 3. The zero-order valence-corrected chi connectivity index (χ0v) is 13.7. The first kappa shape index (κ1) is 18.3. The predicted octanol–water partition coefficient (Wildman–Crippen LogP) is 2.50. The molecule has 2 aromatic rings. The van der Waals surface area contributed by atoms with Crippen molar-refractivity contribution in [2.75, 3.05) is 19.6 Å². The van der Waals surface area contributed by atoms with E-state index in [2.05, 4.69) is 10.3 Å². The highest BCUT2D eigenvalue weighted by Gasteiger charge is 2.28. The van der Waals surface area contributed by atoms with Crippen LogP contribution >= 0.6 is 12.4 Å². The molecular formula is C17H18ClF2N3O. The molecule has 1 aromatic heterocycles. The zero-order valence-electron chi connectivity index (χ0n) is 12.9. The molecule has 24 heavy (non-hydrogen) atoms. The highest BCUT2D eigenvalue weighted by molar-refractivity contribution is 5.85. The molecule has 1 N–H and O–H groups in total. The van der Waals surface area contributed by atoms with E-state index in [0.717, 1.165) is 23.8 Å². The Bertz CT molecular complexity index is 699. The van der Waals surface area contributed by atoms with Gasteiger partial charge in [-0.15, -0.1) is 12.4 Å². The second-order valence-electron chi connectivity index (χ2n) is 5.51. The van der Waals surface area contributed by atoms with E-state index in [9.17, 15) is 13.6 Å². The summed E-state index contributed by atoms with van der Waals surface area (Å²) in [6.45, 7) is 1.81. The highest BCUT2D eigenvalue weighted by atomic mass is 35.5. The molecule has 1 amide bonds. The maximum absolute atomic E-state index is 13.8. The van der Waals surface area contributed by atoms with Gasteiger partial charge in [-0.05, 0) is 29.8 Å². The van der Waals surface area contributed by atoms with E-state index < -0.39 is 11.6 Å². The van der Waals surface area contributed by atoms with Crippen LogP contribution in [0, 0.1) is 11.6 Å². The Hall–Kier alpha value is -2.05. The van der Waals surface area contributed by atoms with Gasteiger partial charge in [-0.2, -0.15) is 0 Å². The fraction of sp³-hybridized carbons (Fsp3) is 0.294. The lowest BCUT2D eigenvalue weighted by atomic mass is 10.0. The summed E-state index contributed by atoms with van der Waals surface area (Å²) < 4.78 is 27.0. The maximum atomic E-state index is 13.8. The molecule has 0 aliphatic carbocycles. The van der Waals surface area contributed by atoms with Crippen molar-refractivity contribution in [2.45, 2.75) is 12.5 Å². The van der Waals surface area contributed by atoms with Gasteiger partial charge in [0.25, 0.3) is 0 Å². The van der Waals surface area contributed by atoms with E-state index >= 15 is 0 Å². The fourth-order valence-electron chi connectivity index (χ4n) is 2.82. The summed E-state index contributed by atoms with van der Waals surface area (Å²) in [5.74, 6) is -1.32. The molecule has 3 rings (SSSR count). The minimum Gasteiger partial charge on any atom is -0.333 e. The van der Waals surface area contributed by atoms with Gasteiger partial charge in [0.1, 0.15) is 11.6 Å². The van der Waals surface area contributed by atoms with Crippen LogP contribution in [-0.4, -0.2) is 35.4 Å². The molecule has 0 radical (unpaired) electrons. The lowest BCUT2D eigenvalue weighted by molar-refractivity contribution is -0.133. The standard InChI is InChI=1S/C17H17F2N3O.ClH/c18-14-3-4-15(19)13(8-14)9-17(23)22-7-6-21-11-16(22)12-2-1-5-20-10-12;/h1-5,8,10,16,21H,6-7,9,11H2;1H. The smallest absolute Gasteiger partial charge is 0.227 e. The van der Waals surface area contributed by atoms with Crippen molar-refractivity contribution in [2.24, 2.45) is 0 Å². The number of carbonyl (C=O) groups excluding carboxylic acids is 1. The average molecular weight is 354 g/mol. The van der Waals surface area contributed by atoms with Crippen molar-refractivity contribution < 1.29 is 13.6 Å². The number of nitrogens with zero attached hydrogens (tertiary/aromatic N) is 2. The Morgan fingerprint density at radius 3 is 2.92 bits per heavy atom. The molecular weight excluding hydrogens is 336 g/mol. The number of nitrogens with one attached hydrogen (secondary N) is 1. The Balaban J connectivity index is 0.00000208. The third-order valence-corrected chi connectivity index (χ3v) is 3.98. The van der Waals surface area contributed by atoms with Crippen LogP contribution in [0.5, 0.6) is 0 Å². The molecule has 1 fully saturated rings. The number of pyridine rings is 1. The largest absolute Gasteiger partial charge is 0.333 e. The van der Waals surface area contributed by atoms with Crippen LogP contribution in [-0.2, 0) is 11.2 Å². The van der Waals surface area contributed by atoms with Gasteiger partial charge in [-0.3, -0.25) is 9.78 Å². The molecule has 0 bridgehead atoms. The number of hydrogen-bond acceptors (Lipinski definition) is 3. The Morgan fingerprint density at radius 1 is 1.33 bits per heavy atom. The Labute approximate surface area is 145 Å². The monoisotopic (exact) mass is 353 g/mol. The minimum absolute atomic E-state index is 0. The molecule has 1 saturated heterocycles. The van der Waals surface area contributed by atoms with E-state index in [-0.39, 0.29) is 36.3 Å². The number of benzene rings is 1. The van der Waals surface area contributed by atoms with Crippen LogP contribution in [0.15, 0.2) is 42.7 Å². The molecule has 7 heteroatoms. The predicted molar refractivity (Wildman–Crippen MR) is 88.9 cm³/mol. The molecule has 0 spiro atoms. The number of hydrogen-bond donors (Lipinski definition) is 1. The summed E-state index contributed by atoms with van der Waals surface area (Å²) in [5.41, 5.74) is 1.01. The van der Waals surface area contributed by atoms with E-state index in [4.69, 9.17) is 0 Å². The van der Waals surface area contributed by atoms with Crippen molar-refractivity contribution in [3.63, 3.8) is 0 Å². The summed E-state index contributed by atoms with van der Waals surface area (Å²) >= 11 is 0. The lowest BCUT2D eigenvalue weighted by Gasteiger charge is -2.36. The number of piperazine rings is 1. The summed E-state index contributed by atoms with van der Waals surface area (Å²) in [6.07, 6.45) is 3.25. The third-order valence-electron chi connectivity index (χ3n) is 3.98. The van der Waals surface area contributed by atoms with Crippen LogP contribution < -0.4 is 5.32 Å². The van der Waals surface area contributed by atoms with Gasteiger partial charge in [-0.1, -0.05) is 6.07 Å². The second-order valence-corrected chi connectivity index (χ2v) is 5.51. The summed E-state index contributed by atoms with van der Waals surface area (Å²) in [7, 11) is 0. The van der Waals surface area contributed by atoms with Crippen LogP contribution in [0.1, 0.15) is 17.2 Å². The topological polar surface area (TPSA) is 45.2 Å². The molecule has 1 aliphatic heterocycles. The van der Waals surface area contributed by atoms with Gasteiger partial charge in [0.15, 0.2) is 0 Å². The first-order valence-corrected chi connectivity index (χ1v) is 7.49. The van der Waals surface area contributed by atoms with Crippen molar-refractivity contribution in [1.82, 2.24) is 15.2 Å². The van der Waals surface area contributed by atoms with Crippen LogP contribution in [0.3, 0.4) is 0 Å². The van der Waals surface area contributed by atoms with Gasteiger partial charge in [0, 0.05) is 37.6 Å². The van der Waals surface area contributed by atoms with Gasteiger partial charge in [-0.25, -0.2) is 8.78 Å². The summed E-state index contributed by atoms with van der Waals surface area (Å²) in [4.78, 5) is 18.4. The first-order valence-electron chi connectivity index (χ1n) is 7.49. The average Bonchev–Trinajstić information content (AvgIpc) is 2.59. The van der Waals surface area contributed by atoms with Crippen LogP contribution in [0.4, 0.5) is 8.78 Å². The SMILES string of the molecule is Cl.O=C(Cc1cc(F)ccc1F)N1CCNCC1c1cccnc1. The van der Waals surface area contributed by atoms with Crippen molar-refractivity contribution in [1.29, 1.82) is 0 Å². The molecule has 128 valence electrons. The van der Waals surface area contributed by atoms with Gasteiger partial charge in [0.05, 0.1) is 12.5 Å². The quantitative estimate of drug-likeness (QED) is 0.922. The maximum Gasteiger partial charge on any atom is 0.227 e. The minimum atomic E-state index is -0.562. The van der Waals surface area contributed by atoms with Crippen molar-refractivity contribution >= 4 is 18.3 Å². The zero-order chi connectivity index (χ0) is 16.2. The molecule has 1 atom stereocenters. The van der Waals surface area contributed by atoms with Crippen LogP contribution in [0.2, 0.25) is 0 Å². The normalized spacial score (nSPS) is 17.2. The number of carbonyl (C=O) groups is 1. The lowest BCUT2D eigenvalue weighted by Crippen LogP contribution is -2.49. The van der Waals surface area contributed by atoms with E-state index in [1.54, 1.807) is 17.3 Å². The number of amides is 1. The second kappa shape index (κ2) is 8.17. The summed E-state index contributed by atoms with van der Waals surface area (Å²) in [6, 6.07) is 6.75. The molecule has 1 unspecified atom stereocenters. The summed E-state index contributed by atoms with van der Waals surface area (Å²) in [5, 5.41) is 3.25. The third kappa shape index (κ3) is 4.07. The van der Waals surface area contributed by atoms with Crippen LogP contribution in [0.25, 0.3) is 0 Å².